The lowest BCUT2D eigenvalue weighted by atomic mass is 10.3. The minimum atomic E-state index is -0.166. The van der Waals surface area contributed by atoms with Gasteiger partial charge in [0.1, 0.15) is 11.3 Å². The molecule has 0 amide bonds. The van der Waals surface area contributed by atoms with E-state index in [1.807, 2.05) is 45.4 Å². The first-order chi connectivity index (χ1) is 9.54. The van der Waals surface area contributed by atoms with Gasteiger partial charge in [-0.1, -0.05) is 0 Å². The third-order valence-electron chi connectivity index (χ3n) is 3.22. The third-order valence-corrected chi connectivity index (χ3v) is 3.41. The highest BCUT2D eigenvalue weighted by Crippen LogP contribution is 2.24. The molecule has 0 aliphatic carbocycles. The molecular formula is C14H16ClN5. The molecule has 0 fully saturated rings. The van der Waals surface area contributed by atoms with Crippen molar-refractivity contribution >= 4 is 22.8 Å². The molecule has 0 spiro atoms. The van der Waals surface area contributed by atoms with Gasteiger partial charge in [-0.05, 0) is 26.0 Å². The van der Waals surface area contributed by atoms with E-state index in [1.165, 1.54) is 0 Å². The average Bonchev–Trinajstić information content (AvgIpc) is 2.95. The van der Waals surface area contributed by atoms with Crippen molar-refractivity contribution in [3.05, 3.63) is 41.6 Å². The molecule has 6 heteroatoms. The fraction of sp³-hybridized carbons (Fsp3) is 0.357. The quantitative estimate of drug-likeness (QED) is 0.697. The lowest BCUT2D eigenvalue weighted by Crippen LogP contribution is -2.06. The Balaban J connectivity index is 2.15. The van der Waals surface area contributed by atoms with Crippen molar-refractivity contribution in [2.24, 2.45) is 7.05 Å². The van der Waals surface area contributed by atoms with Crippen molar-refractivity contribution in [3.8, 4) is 0 Å². The maximum absolute atomic E-state index is 6.26. The lowest BCUT2D eigenvalue weighted by Gasteiger charge is -2.08. The second-order valence-electron chi connectivity index (χ2n) is 4.99. The van der Waals surface area contributed by atoms with E-state index in [1.54, 1.807) is 4.68 Å². The minimum absolute atomic E-state index is 0.166. The average molecular weight is 290 g/mol. The number of pyridine rings is 1. The van der Waals surface area contributed by atoms with E-state index in [-0.39, 0.29) is 5.38 Å². The first-order valence-electron chi connectivity index (χ1n) is 6.50. The molecule has 1 atom stereocenters. The van der Waals surface area contributed by atoms with Crippen LogP contribution in [-0.2, 0) is 13.6 Å². The van der Waals surface area contributed by atoms with Gasteiger partial charge in [-0.2, -0.15) is 5.10 Å². The summed E-state index contributed by atoms with van der Waals surface area (Å²) in [6, 6.07) is 3.95. The number of hydrogen-bond donors (Lipinski definition) is 0. The Morgan fingerprint density at radius 1 is 1.30 bits per heavy atom. The van der Waals surface area contributed by atoms with Gasteiger partial charge in [0.15, 0.2) is 5.65 Å². The number of hydrogen-bond acceptors (Lipinski definition) is 3. The van der Waals surface area contributed by atoms with Gasteiger partial charge in [0.2, 0.25) is 0 Å². The summed E-state index contributed by atoms with van der Waals surface area (Å²) in [6.45, 7) is 4.58. The van der Waals surface area contributed by atoms with Crippen LogP contribution < -0.4 is 0 Å². The fourth-order valence-electron chi connectivity index (χ4n) is 2.31. The summed E-state index contributed by atoms with van der Waals surface area (Å²) < 4.78 is 3.86. The van der Waals surface area contributed by atoms with Gasteiger partial charge in [-0.3, -0.25) is 4.68 Å². The molecule has 0 aromatic carbocycles. The number of aromatic nitrogens is 5. The molecule has 0 N–H and O–H groups in total. The van der Waals surface area contributed by atoms with Gasteiger partial charge < -0.3 is 4.57 Å². The van der Waals surface area contributed by atoms with E-state index in [0.29, 0.717) is 6.54 Å². The van der Waals surface area contributed by atoms with Gasteiger partial charge >= 0.3 is 0 Å². The zero-order chi connectivity index (χ0) is 14.3. The number of imidazole rings is 1. The van der Waals surface area contributed by atoms with Crippen LogP contribution in [0.5, 0.6) is 0 Å². The van der Waals surface area contributed by atoms with E-state index in [9.17, 15) is 0 Å². The van der Waals surface area contributed by atoms with Crippen LogP contribution in [0, 0.1) is 6.92 Å². The molecule has 0 saturated heterocycles. The number of fused-ring (bicyclic) bond motifs is 1. The van der Waals surface area contributed by atoms with Crippen LogP contribution in [0.2, 0.25) is 0 Å². The molecule has 5 nitrogen and oxygen atoms in total. The largest absolute Gasteiger partial charge is 0.307 e. The van der Waals surface area contributed by atoms with Gasteiger partial charge in [0.05, 0.1) is 18.1 Å². The number of rotatable bonds is 3. The van der Waals surface area contributed by atoms with Crippen molar-refractivity contribution in [2.45, 2.75) is 25.8 Å². The highest BCUT2D eigenvalue weighted by Gasteiger charge is 2.16. The third kappa shape index (κ3) is 2.29. The van der Waals surface area contributed by atoms with Crippen molar-refractivity contribution in [1.82, 2.24) is 24.3 Å². The molecule has 0 aliphatic rings. The zero-order valence-electron chi connectivity index (χ0n) is 11.7. The lowest BCUT2D eigenvalue weighted by molar-refractivity contribution is 0.732. The molecule has 3 aromatic heterocycles. The Kier molecular flexibility index (Phi) is 3.22. The number of alkyl halides is 1. The molecule has 0 radical (unpaired) electrons. The molecule has 3 heterocycles. The predicted molar refractivity (Wildman–Crippen MR) is 78.8 cm³/mol. The van der Waals surface area contributed by atoms with E-state index >= 15 is 0 Å². The molecule has 0 aliphatic heterocycles. The summed E-state index contributed by atoms with van der Waals surface area (Å²) in [5, 5.41) is 4.03. The Morgan fingerprint density at radius 2 is 2.10 bits per heavy atom. The van der Waals surface area contributed by atoms with Crippen molar-refractivity contribution in [2.75, 3.05) is 0 Å². The van der Waals surface area contributed by atoms with Crippen molar-refractivity contribution < 1.29 is 0 Å². The molecular weight excluding hydrogens is 274 g/mol. The Morgan fingerprint density at radius 3 is 2.75 bits per heavy atom. The van der Waals surface area contributed by atoms with Gasteiger partial charge in [0, 0.05) is 24.5 Å². The van der Waals surface area contributed by atoms with Crippen molar-refractivity contribution in [1.29, 1.82) is 0 Å². The van der Waals surface area contributed by atoms with E-state index < -0.39 is 0 Å². The first-order valence-corrected chi connectivity index (χ1v) is 6.93. The number of halogens is 1. The van der Waals surface area contributed by atoms with Crippen LogP contribution >= 0.6 is 11.6 Å². The summed E-state index contributed by atoms with van der Waals surface area (Å²) in [6.07, 6.45) is 3.84. The summed E-state index contributed by atoms with van der Waals surface area (Å²) in [5.74, 6) is 0.837. The predicted octanol–water partition coefficient (Wildman–Crippen LogP) is 2.82. The van der Waals surface area contributed by atoms with Crippen LogP contribution in [-0.4, -0.2) is 24.3 Å². The summed E-state index contributed by atoms with van der Waals surface area (Å²) >= 11 is 6.26. The second kappa shape index (κ2) is 4.90. The molecule has 3 aromatic rings. The topological polar surface area (TPSA) is 48.5 Å². The van der Waals surface area contributed by atoms with Gasteiger partial charge in [-0.15, -0.1) is 11.6 Å². The zero-order valence-corrected chi connectivity index (χ0v) is 12.5. The van der Waals surface area contributed by atoms with Crippen LogP contribution in [0.4, 0.5) is 0 Å². The Bertz CT molecular complexity index is 756. The second-order valence-corrected chi connectivity index (χ2v) is 5.64. The monoisotopic (exact) mass is 289 g/mol. The number of nitrogens with zero attached hydrogens (tertiary/aromatic N) is 5. The summed E-state index contributed by atoms with van der Waals surface area (Å²) in [4.78, 5) is 9.19. The highest BCUT2D eigenvalue weighted by atomic mass is 35.5. The van der Waals surface area contributed by atoms with Crippen molar-refractivity contribution in [3.63, 3.8) is 0 Å². The van der Waals surface area contributed by atoms with Crippen LogP contribution in [0.1, 0.15) is 29.4 Å². The maximum Gasteiger partial charge on any atom is 0.160 e. The summed E-state index contributed by atoms with van der Waals surface area (Å²) in [5.41, 5.74) is 3.82. The Labute approximate surface area is 122 Å². The molecule has 20 heavy (non-hydrogen) atoms. The Hall–Kier alpha value is -1.88. The van der Waals surface area contributed by atoms with E-state index in [4.69, 9.17) is 11.6 Å². The molecule has 0 saturated carbocycles. The normalized spacial score (nSPS) is 13.0. The SMILES string of the molecule is Cc1ccc2nc(C(C)Cl)n(Cc3cnn(C)c3)c2n1. The smallest absolute Gasteiger partial charge is 0.160 e. The van der Waals surface area contributed by atoms with Gasteiger partial charge in [0.25, 0.3) is 0 Å². The van der Waals surface area contributed by atoms with E-state index in [2.05, 4.69) is 19.6 Å². The molecule has 3 rings (SSSR count). The van der Waals surface area contributed by atoms with Crippen LogP contribution in [0.15, 0.2) is 24.5 Å². The van der Waals surface area contributed by atoms with E-state index in [0.717, 1.165) is 28.2 Å². The van der Waals surface area contributed by atoms with Crippen LogP contribution in [0.3, 0.4) is 0 Å². The number of aryl methyl sites for hydroxylation is 2. The molecule has 0 bridgehead atoms. The minimum Gasteiger partial charge on any atom is -0.307 e. The standard InChI is InChI=1S/C14H16ClN5/c1-9-4-5-12-14(17-9)20(13(18-12)10(2)15)8-11-6-16-19(3)7-11/h4-7,10H,8H2,1-3H3. The van der Waals surface area contributed by atoms with Gasteiger partial charge in [-0.25, -0.2) is 9.97 Å². The maximum atomic E-state index is 6.26. The van der Waals surface area contributed by atoms with Crippen LogP contribution in [0.25, 0.3) is 11.2 Å². The summed E-state index contributed by atoms with van der Waals surface area (Å²) in [7, 11) is 1.91. The fourth-order valence-corrected chi connectivity index (χ4v) is 2.48. The highest BCUT2D eigenvalue weighted by molar-refractivity contribution is 6.20. The molecule has 104 valence electrons. The molecule has 1 unspecified atom stereocenters. The first kappa shape index (κ1) is 13.1.